The van der Waals surface area contributed by atoms with Gasteiger partial charge in [0.25, 0.3) is 0 Å². The average Bonchev–Trinajstić information content (AvgIpc) is 2.34. The number of nitrogens with one attached hydrogen (secondary N) is 1. The molecule has 3 N–H and O–H groups in total. The summed E-state index contributed by atoms with van der Waals surface area (Å²) in [5.41, 5.74) is 7.26. The Morgan fingerprint density at radius 1 is 1.33 bits per heavy atom. The van der Waals surface area contributed by atoms with Crippen molar-refractivity contribution in [3.05, 3.63) is 24.3 Å². The van der Waals surface area contributed by atoms with E-state index in [1.54, 1.807) is 0 Å². The van der Waals surface area contributed by atoms with Crippen LogP contribution in [0.25, 0.3) is 0 Å². The fraction of sp³-hybridized carbons (Fsp3) is 0.273. The quantitative estimate of drug-likeness (QED) is 0.278. The number of alkyl halides is 1. The number of amidine groups is 1. The molecular formula is C11H16IN5S. The van der Waals surface area contributed by atoms with Gasteiger partial charge in [-0.15, -0.1) is 10.2 Å². The summed E-state index contributed by atoms with van der Waals surface area (Å²) >= 11 is 0.968. The molecular weight excluding hydrogens is 361 g/mol. The average molecular weight is 377 g/mol. The zero-order chi connectivity index (χ0) is 13.5. The van der Waals surface area contributed by atoms with E-state index < -0.39 is 0 Å². The van der Waals surface area contributed by atoms with Crippen molar-refractivity contribution in [2.75, 3.05) is 23.9 Å². The van der Waals surface area contributed by atoms with E-state index in [-0.39, 0.29) is 25.9 Å². The highest BCUT2D eigenvalue weighted by molar-refractivity contribution is 14.2. The molecule has 98 valence electrons. The van der Waals surface area contributed by atoms with Gasteiger partial charge in [-0.1, -0.05) is 20.7 Å². The van der Waals surface area contributed by atoms with Crippen LogP contribution < -0.4 is 10.6 Å². The maximum Gasteiger partial charge on any atom is 0.157 e. The van der Waals surface area contributed by atoms with Crippen molar-refractivity contribution in [1.29, 1.82) is 5.41 Å². The summed E-state index contributed by atoms with van der Waals surface area (Å²) < 4.78 is 0.845. The van der Waals surface area contributed by atoms with Gasteiger partial charge < -0.3 is 10.6 Å². The van der Waals surface area contributed by atoms with Crippen molar-refractivity contribution >= 4 is 52.0 Å². The molecule has 0 unspecified atom stereocenters. The van der Waals surface area contributed by atoms with Crippen LogP contribution in [0.15, 0.2) is 34.5 Å². The minimum absolute atomic E-state index is 0.0634. The molecule has 0 aliphatic carbocycles. The topological polar surface area (TPSA) is 77.8 Å². The van der Waals surface area contributed by atoms with E-state index >= 15 is 0 Å². The van der Waals surface area contributed by atoms with Gasteiger partial charge in [0.15, 0.2) is 8.13 Å². The van der Waals surface area contributed by atoms with Crippen molar-refractivity contribution in [3.8, 4) is 0 Å². The lowest BCUT2D eigenvalue weighted by atomic mass is 10.3. The molecule has 0 aliphatic heterocycles. The van der Waals surface area contributed by atoms with E-state index in [2.05, 4.69) is 15.2 Å². The van der Waals surface area contributed by atoms with E-state index in [4.69, 9.17) is 11.1 Å². The molecule has 0 radical (unpaired) electrons. The molecule has 0 aliphatic rings. The summed E-state index contributed by atoms with van der Waals surface area (Å²) in [4.78, 5) is 4.10. The molecule has 0 saturated carbocycles. The Labute approximate surface area is 121 Å². The summed E-state index contributed by atoms with van der Waals surface area (Å²) in [7, 11) is 3.99. The van der Waals surface area contributed by atoms with Crippen LogP contribution in [0.1, 0.15) is 0 Å². The van der Waals surface area contributed by atoms with Crippen molar-refractivity contribution in [1.82, 2.24) is 0 Å². The first kappa shape index (κ1) is 15.1. The van der Waals surface area contributed by atoms with Crippen LogP contribution in [-0.4, -0.2) is 27.2 Å². The van der Waals surface area contributed by atoms with Gasteiger partial charge in [-0.3, -0.25) is 5.41 Å². The second-order valence-corrected chi connectivity index (χ2v) is 7.38. The number of nitrogens with zero attached hydrogens (tertiary/aromatic N) is 3. The Balaban J connectivity index is 2.74. The van der Waals surface area contributed by atoms with Gasteiger partial charge >= 0.3 is 0 Å². The molecule has 7 heteroatoms. The van der Waals surface area contributed by atoms with E-state index in [9.17, 15) is 0 Å². The maximum atomic E-state index is 7.22. The van der Waals surface area contributed by atoms with Gasteiger partial charge in [0.2, 0.25) is 0 Å². The zero-order valence-corrected chi connectivity index (χ0v) is 13.5. The van der Waals surface area contributed by atoms with Crippen LogP contribution in [0.2, 0.25) is 0 Å². The van der Waals surface area contributed by atoms with Gasteiger partial charge in [-0.2, -0.15) is 0 Å². The normalized spacial score (nSPS) is 12.3. The Kier molecular flexibility index (Phi) is 6.27. The highest BCUT2D eigenvalue weighted by atomic mass is 127. The standard InChI is InChI=1S/C11H16IN5S/c1-12-10(18-11(13)14)16-15-8-4-6-9(7-5-8)17(2)3/h4-7H,1-3H3,(H3,13,14). The second kappa shape index (κ2) is 7.47. The molecule has 0 atom stereocenters. The molecule has 1 aromatic carbocycles. The first-order valence-corrected chi connectivity index (χ1v) is 9.15. The summed E-state index contributed by atoms with van der Waals surface area (Å²) in [5, 5.41) is 15.6. The lowest BCUT2D eigenvalue weighted by Gasteiger charge is -2.11. The predicted molar refractivity (Wildman–Crippen MR) is 89.7 cm³/mol. The summed E-state index contributed by atoms with van der Waals surface area (Å²) in [6.45, 7) is 0. The van der Waals surface area contributed by atoms with E-state index in [0.29, 0.717) is 0 Å². The highest BCUT2D eigenvalue weighted by Crippen LogP contribution is 2.20. The molecule has 0 amide bonds. The van der Waals surface area contributed by atoms with Gasteiger partial charge in [0, 0.05) is 19.8 Å². The summed E-state index contributed by atoms with van der Waals surface area (Å²) in [6, 6.07) is 7.83. The number of anilines is 1. The van der Waals surface area contributed by atoms with Crippen LogP contribution in [0, 0.1) is 5.41 Å². The van der Waals surface area contributed by atoms with E-state index in [1.807, 2.05) is 43.3 Å². The number of hydrogen-bond acceptors (Lipinski definition) is 5. The first-order chi connectivity index (χ1) is 8.52. The second-order valence-electron chi connectivity index (χ2n) is 3.52. The Hall–Kier alpha value is -0.960. The Bertz CT molecular complexity index is 467. The molecule has 1 rings (SSSR count). The molecule has 0 aromatic heterocycles. The molecule has 5 nitrogen and oxygen atoms in total. The molecule has 0 spiro atoms. The van der Waals surface area contributed by atoms with Crippen molar-refractivity contribution < 1.29 is 0 Å². The molecule has 0 fully saturated rings. The lowest BCUT2D eigenvalue weighted by Crippen LogP contribution is -2.07. The number of thioether (sulfide) groups is 1. The third-order valence-electron chi connectivity index (χ3n) is 1.97. The molecule has 18 heavy (non-hydrogen) atoms. The number of nitrogens with two attached hydrogens (primary N) is 1. The molecule has 0 bridgehead atoms. The monoisotopic (exact) mass is 377 g/mol. The number of hydrogen-bond donors (Lipinski definition) is 2. The van der Waals surface area contributed by atoms with Gasteiger partial charge in [-0.25, -0.2) is 0 Å². The molecule has 1 aromatic rings. The van der Waals surface area contributed by atoms with Crippen LogP contribution in [0.3, 0.4) is 0 Å². The third kappa shape index (κ3) is 5.13. The number of halogens is 1. The van der Waals surface area contributed by atoms with Crippen molar-refractivity contribution in [2.24, 2.45) is 16.0 Å². The summed E-state index contributed by atoms with van der Waals surface area (Å²) in [5.74, 6) is 0. The lowest BCUT2D eigenvalue weighted by molar-refractivity contribution is 1.13. The fourth-order valence-electron chi connectivity index (χ4n) is 1.10. The number of benzene rings is 1. The van der Waals surface area contributed by atoms with Gasteiger partial charge in [-0.05, 0) is 41.0 Å². The van der Waals surface area contributed by atoms with Gasteiger partial charge in [0.1, 0.15) is 0 Å². The van der Waals surface area contributed by atoms with Crippen LogP contribution >= 0.6 is 32.5 Å². The zero-order valence-electron chi connectivity index (χ0n) is 10.5. The largest absolute Gasteiger partial charge is 0.378 e. The number of rotatable bonds is 4. The minimum atomic E-state index is -0.217. The molecule has 0 heterocycles. The Morgan fingerprint density at radius 3 is 2.39 bits per heavy atom. The molecule has 0 saturated heterocycles. The highest BCUT2D eigenvalue weighted by Gasteiger charge is 1.99. The third-order valence-corrected chi connectivity index (χ3v) is 5.27. The van der Waals surface area contributed by atoms with E-state index in [0.717, 1.165) is 14.3 Å². The van der Waals surface area contributed by atoms with Gasteiger partial charge in [0.05, 0.1) is 5.69 Å². The van der Waals surface area contributed by atoms with Crippen molar-refractivity contribution in [3.63, 3.8) is 0 Å². The number of azo groups is 1. The predicted octanol–water partition coefficient (Wildman–Crippen LogP) is 3.15. The SMILES string of the molecule is CI=C(N=Nc1ccc(N(C)C)cc1)SC(=N)N. The Morgan fingerprint density at radius 2 is 1.94 bits per heavy atom. The fourth-order valence-corrected chi connectivity index (χ4v) is 3.14. The van der Waals surface area contributed by atoms with Crippen LogP contribution in [-0.2, 0) is 0 Å². The maximum absolute atomic E-state index is 7.22. The first-order valence-electron chi connectivity index (χ1n) is 5.10. The van der Waals surface area contributed by atoms with Crippen LogP contribution in [0.4, 0.5) is 11.4 Å². The summed E-state index contributed by atoms with van der Waals surface area (Å²) in [6.07, 6.45) is 0. The van der Waals surface area contributed by atoms with Crippen LogP contribution in [0.5, 0.6) is 0 Å². The van der Waals surface area contributed by atoms with E-state index in [1.165, 1.54) is 11.8 Å². The van der Waals surface area contributed by atoms with Crippen molar-refractivity contribution in [2.45, 2.75) is 0 Å². The smallest absolute Gasteiger partial charge is 0.157 e. The minimum Gasteiger partial charge on any atom is -0.378 e.